The topological polar surface area (TPSA) is 49.8 Å². The molecule has 0 aliphatic rings. The summed E-state index contributed by atoms with van der Waals surface area (Å²) >= 11 is 0. The summed E-state index contributed by atoms with van der Waals surface area (Å²) in [7, 11) is 0. The normalized spacial score (nSPS) is 12.7. The number of nitrogens with zero attached hydrogens (tertiary/aromatic N) is 1. The first-order valence-electron chi connectivity index (χ1n) is 7.32. The Kier molecular flexibility index (Phi) is 5.93. The van der Waals surface area contributed by atoms with Gasteiger partial charge in [-0.2, -0.15) is 5.06 Å². The molecule has 0 saturated carbocycles. The van der Waals surface area contributed by atoms with E-state index in [0.717, 1.165) is 6.42 Å². The van der Waals surface area contributed by atoms with E-state index in [9.17, 15) is 4.79 Å². The second-order valence-corrected chi connectivity index (χ2v) is 6.92. The van der Waals surface area contributed by atoms with Crippen LogP contribution >= 0.6 is 0 Å². The molecule has 4 heteroatoms. The van der Waals surface area contributed by atoms with Gasteiger partial charge in [0.2, 0.25) is 0 Å². The van der Waals surface area contributed by atoms with Crippen LogP contribution in [0.5, 0.6) is 0 Å². The fraction of sp³-hybridized carbons (Fsp3) is 0.588. The van der Waals surface area contributed by atoms with E-state index in [2.05, 4.69) is 12.1 Å². The third-order valence-corrected chi connectivity index (χ3v) is 3.20. The van der Waals surface area contributed by atoms with Gasteiger partial charge in [-0.3, -0.25) is 9.63 Å². The van der Waals surface area contributed by atoms with Crippen LogP contribution < -0.4 is 0 Å². The van der Waals surface area contributed by atoms with Gasteiger partial charge in [-0.05, 0) is 46.6 Å². The van der Waals surface area contributed by atoms with E-state index in [1.165, 1.54) is 5.56 Å². The van der Waals surface area contributed by atoms with E-state index in [-0.39, 0.29) is 12.0 Å². The maximum Gasteiger partial charge on any atom is 0.305 e. The minimum Gasteiger partial charge on any atom is -0.481 e. The summed E-state index contributed by atoms with van der Waals surface area (Å²) in [5.41, 5.74) is 0.374. The van der Waals surface area contributed by atoms with Crippen molar-refractivity contribution in [2.75, 3.05) is 6.61 Å². The smallest absolute Gasteiger partial charge is 0.305 e. The monoisotopic (exact) mass is 293 g/mol. The Bertz CT molecular complexity index is 449. The maximum atomic E-state index is 11.1. The van der Waals surface area contributed by atoms with Crippen LogP contribution in [0, 0.1) is 0 Å². The number of aliphatic carboxylic acids is 1. The van der Waals surface area contributed by atoms with Crippen LogP contribution in [0.4, 0.5) is 0 Å². The van der Waals surface area contributed by atoms with Crippen LogP contribution in [-0.2, 0) is 16.1 Å². The Morgan fingerprint density at radius 1 is 1.14 bits per heavy atom. The number of carboxylic acids is 1. The zero-order chi connectivity index (χ0) is 16.1. The Morgan fingerprint density at radius 2 is 1.71 bits per heavy atom. The zero-order valence-corrected chi connectivity index (χ0v) is 13.7. The van der Waals surface area contributed by atoms with Gasteiger partial charge in [0, 0.05) is 5.54 Å². The molecule has 1 aromatic rings. The van der Waals surface area contributed by atoms with E-state index in [0.29, 0.717) is 6.61 Å². The van der Waals surface area contributed by atoms with Crippen molar-refractivity contribution in [2.24, 2.45) is 0 Å². The van der Waals surface area contributed by atoms with Crippen LogP contribution in [0.3, 0.4) is 0 Å². The minimum atomic E-state index is -0.819. The fourth-order valence-electron chi connectivity index (χ4n) is 2.62. The van der Waals surface area contributed by atoms with Gasteiger partial charge in [-0.15, -0.1) is 0 Å². The van der Waals surface area contributed by atoms with Crippen LogP contribution in [0.2, 0.25) is 0 Å². The molecule has 1 N–H and O–H groups in total. The molecule has 1 aromatic carbocycles. The Labute approximate surface area is 127 Å². The van der Waals surface area contributed by atoms with Gasteiger partial charge in [-0.1, -0.05) is 30.3 Å². The molecule has 118 valence electrons. The molecular weight excluding hydrogens is 266 g/mol. The van der Waals surface area contributed by atoms with E-state index in [1.54, 1.807) is 0 Å². The van der Waals surface area contributed by atoms with Crippen LogP contribution in [0.15, 0.2) is 30.3 Å². The number of carboxylic acid groups (broad SMARTS) is 1. The molecule has 0 amide bonds. The van der Waals surface area contributed by atoms with E-state index >= 15 is 0 Å². The molecule has 0 fully saturated rings. The van der Waals surface area contributed by atoms with Crippen molar-refractivity contribution in [3.63, 3.8) is 0 Å². The first kappa shape index (κ1) is 17.7. The largest absolute Gasteiger partial charge is 0.481 e. The van der Waals surface area contributed by atoms with Crippen molar-refractivity contribution >= 4 is 5.97 Å². The molecule has 0 aliphatic carbocycles. The van der Waals surface area contributed by atoms with Gasteiger partial charge in [0.15, 0.2) is 0 Å². The Morgan fingerprint density at radius 3 is 2.19 bits per heavy atom. The lowest BCUT2D eigenvalue weighted by molar-refractivity contribution is -0.262. The molecule has 0 spiro atoms. The molecule has 0 aromatic heterocycles. The van der Waals surface area contributed by atoms with Crippen LogP contribution in [0.25, 0.3) is 0 Å². The van der Waals surface area contributed by atoms with Crippen molar-refractivity contribution in [2.45, 2.75) is 58.5 Å². The molecule has 1 rings (SSSR count). The van der Waals surface area contributed by atoms with E-state index < -0.39 is 11.5 Å². The number of rotatable bonds is 7. The molecule has 0 radical (unpaired) electrons. The van der Waals surface area contributed by atoms with Crippen molar-refractivity contribution in [3.8, 4) is 0 Å². The number of hydrogen-bond donors (Lipinski definition) is 1. The zero-order valence-electron chi connectivity index (χ0n) is 13.7. The molecule has 0 aliphatic heterocycles. The van der Waals surface area contributed by atoms with Crippen LogP contribution in [0.1, 0.15) is 46.6 Å². The van der Waals surface area contributed by atoms with Gasteiger partial charge in [0.25, 0.3) is 0 Å². The van der Waals surface area contributed by atoms with Crippen molar-refractivity contribution in [1.29, 1.82) is 0 Å². The van der Waals surface area contributed by atoms with Gasteiger partial charge in [0.1, 0.15) is 0 Å². The van der Waals surface area contributed by atoms with Crippen molar-refractivity contribution in [3.05, 3.63) is 35.9 Å². The first-order chi connectivity index (χ1) is 9.63. The molecule has 0 atom stereocenters. The highest BCUT2D eigenvalue weighted by Gasteiger charge is 2.37. The second kappa shape index (κ2) is 7.05. The molecule has 0 heterocycles. The maximum absolute atomic E-state index is 11.1. The molecule has 21 heavy (non-hydrogen) atoms. The lowest BCUT2D eigenvalue weighted by atomic mass is 9.94. The van der Waals surface area contributed by atoms with Crippen molar-refractivity contribution in [1.82, 2.24) is 5.06 Å². The highest BCUT2D eigenvalue weighted by Crippen LogP contribution is 2.28. The number of hydroxylamine groups is 2. The highest BCUT2D eigenvalue weighted by atomic mass is 16.7. The second-order valence-electron chi connectivity index (χ2n) is 6.92. The van der Waals surface area contributed by atoms with Crippen molar-refractivity contribution < 1.29 is 14.7 Å². The molecule has 0 saturated heterocycles. The summed E-state index contributed by atoms with van der Waals surface area (Å²) in [5, 5.41) is 10.9. The van der Waals surface area contributed by atoms with E-state index in [1.807, 2.05) is 57.9 Å². The summed E-state index contributed by atoms with van der Waals surface area (Å²) in [6.45, 7) is 10.4. The average Bonchev–Trinajstić information content (AvgIpc) is 2.32. The average molecular weight is 293 g/mol. The molecular formula is C17H27NO3. The minimum absolute atomic E-state index is 0.0373. The summed E-state index contributed by atoms with van der Waals surface area (Å²) in [5.74, 6) is -0.819. The van der Waals surface area contributed by atoms with Gasteiger partial charge >= 0.3 is 5.97 Å². The lowest BCUT2D eigenvalue weighted by Gasteiger charge is -2.45. The molecule has 0 bridgehead atoms. The van der Waals surface area contributed by atoms with Gasteiger partial charge in [0.05, 0.1) is 18.6 Å². The Hall–Kier alpha value is -1.39. The fourth-order valence-corrected chi connectivity index (χ4v) is 2.62. The predicted octanol–water partition coefficient (Wildman–Crippen LogP) is 3.51. The number of benzene rings is 1. The third-order valence-electron chi connectivity index (χ3n) is 3.20. The third kappa shape index (κ3) is 5.86. The summed E-state index contributed by atoms with van der Waals surface area (Å²) in [6.07, 6.45) is 0.839. The lowest BCUT2D eigenvalue weighted by Crippen LogP contribution is -2.54. The molecule has 0 unspecified atom stereocenters. The number of hydrogen-bond acceptors (Lipinski definition) is 3. The highest BCUT2D eigenvalue weighted by molar-refractivity contribution is 5.68. The van der Waals surface area contributed by atoms with Gasteiger partial charge in [-0.25, -0.2) is 0 Å². The quantitative estimate of drug-likeness (QED) is 0.782. The Balaban J connectivity index is 2.69. The number of carbonyl (C=O) groups is 1. The summed E-state index contributed by atoms with van der Waals surface area (Å²) in [6, 6.07) is 10.1. The molecule has 4 nitrogen and oxygen atoms in total. The predicted molar refractivity (Wildman–Crippen MR) is 84.0 cm³/mol. The van der Waals surface area contributed by atoms with E-state index in [4.69, 9.17) is 9.94 Å². The first-order valence-corrected chi connectivity index (χ1v) is 7.32. The summed E-state index contributed by atoms with van der Waals surface area (Å²) < 4.78 is 0. The van der Waals surface area contributed by atoms with Crippen LogP contribution in [-0.4, -0.2) is 33.8 Å². The standard InChI is InChI=1S/C17H27NO3/c1-16(2,3)18(17(4,5)13-15(19)20)21-12-11-14-9-7-6-8-10-14/h6-10H,11-13H2,1-5H3,(H,19,20). The summed E-state index contributed by atoms with van der Waals surface area (Å²) in [4.78, 5) is 17.0. The SMILES string of the molecule is CC(C)(C)N(OCCc1ccccc1)C(C)(C)CC(=O)O. The van der Waals surface area contributed by atoms with Gasteiger partial charge < -0.3 is 5.11 Å².